The minimum Gasteiger partial charge on any atom is -0.338 e. The zero-order valence-electron chi connectivity index (χ0n) is 10.2. The Bertz CT molecular complexity index is 622. The summed E-state index contributed by atoms with van der Waals surface area (Å²) in [5.41, 5.74) is 3.10. The van der Waals surface area contributed by atoms with Gasteiger partial charge in [0.15, 0.2) is 0 Å². The summed E-state index contributed by atoms with van der Waals surface area (Å²) in [6.45, 7) is 2.97. The molecule has 0 saturated heterocycles. The molecule has 3 aromatic rings. The first-order valence-electron chi connectivity index (χ1n) is 6.07. The van der Waals surface area contributed by atoms with Gasteiger partial charge in [0.05, 0.1) is 29.3 Å². The van der Waals surface area contributed by atoms with E-state index < -0.39 is 0 Å². The second-order valence-corrected chi connectivity index (χ2v) is 4.12. The number of rotatable bonds is 3. The molecule has 1 aromatic carbocycles. The third kappa shape index (κ3) is 1.93. The van der Waals surface area contributed by atoms with E-state index in [1.54, 1.807) is 0 Å². The van der Waals surface area contributed by atoms with E-state index in [9.17, 15) is 0 Å². The summed E-state index contributed by atoms with van der Waals surface area (Å²) in [5.74, 6) is 1.90. The van der Waals surface area contributed by atoms with Crippen molar-refractivity contribution in [3.8, 4) is 11.4 Å². The second-order valence-electron chi connectivity index (χ2n) is 4.12. The molecule has 0 fully saturated rings. The van der Waals surface area contributed by atoms with Crippen LogP contribution in [0.1, 0.15) is 6.92 Å². The Labute approximate surface area is 105 Å². The van der Waals surface area contributed by atoms with Crippen molar-refractivity contribution in [2.75, 3.05) is 11.9 Å². The molecule has 4 nitrogen and oxygen atoms in total. The topological polar surface area (TPSA) is 54.9 Å². The van der Waals surface area contributed by atoms with Gasteiger partial charge in [0.25, 0.3) is 5.82 Å². The van der Waals surface area contributed by atoms with Gasteiger partial charge in [0, 0.05) is 6.07 Å². The van der Waals surface area contributed by atoms with Gasteiger partial charge in [-0.1, -0.05) is 12.1 Å². The van der Waals surface area contributed by atoms with Crippen LogP contribution in [0, 0.1) is 0 Å². The van der Waals surface area contributed by atoms with Crippen molar-refractivity contribution >= 4 is 16.9 Å². The summed E-state index contributed by atoms with van der Waals surface area (Å²) in [4.78, 5) is 11.1. The van der Waals surface area contributed by atoms with Gasteiger partial charge in [0.1, 0.15) is 5.82 Å². The number of aromatic amines is 2. The Morgan fingerprint density at radius 1 is 1.22 bits per heavy atom. The summed E-state index contributed by atoms with van der Waals surface area (Å²) in [5, 5.41) is 3.23. The van der Waals surface area contributed by atoms with Crippen molar-refractivity contribution in [3.63, 3.8) is 0 Å². The first-order valence-corrected chi connectivity index (χ1v) is 6.07. The molecule has 0 aliphatic carbocycles. The minimum atomic E-state index is 0.885. The molecule has 3 N–H and O–H groups in total. The zero-order chi connectivity index (χ0) is 12.4. The maximum absolute atomic E-state index is 4.56. The molecule has 18 heavy (non-hydrogen) atoms. The average molecular weight is 239 g/mol. The van der Waals surface area contributed by atoms with Crippen molar-refractivity contribution in [2.24, 2.45) is 0 Å². The highest BCUT2D eigenvalue weighted by Crippen LogP contribution is 2.19. The lowest BCUT2D eigenvalue weighted by molar-refractivity contribution is -0.360. The standard InChI is InChI=1S/C14H14N4/c1-2-15-13-8-7-10(9-16-13)14-17-11-5-3-4-6-12(11)18-14/h3-9H,2H2,1H3,(H,15,16)(H,17,18)/p+1. The average Bonchev–Trinajstić information content (AvgIpc) is 2.84. The highest BCUT2D eigenvalue weighted by atomic mass is 15.0. The lowest BCUT2D eigenvalue weighted by atomic mass is 10.2. The van der Waals surface area contributed by atoms with E-state index >= 15 is 0 Å². The van der Waals surface area contributed by atoms with Crippen LogP contribution in [0.5, 0.6) is 0 Å². The van der Waals surface area contributed by atoms with Crippen molar-refractivity contribution in [1.29, 1.82) is 0 Å². The molecule has 0 aliphatic rings. The van der Waals surface area contributed by atoms with Crippen molar-refractivity contribution < 1.29 is 4.98 Å². The van der Waals surface area contributed by atoms with E-state index in [-0.39, 0.29) is 0 Å². The highest BCUT2D eigenvalue weighted by molar-refractivity contribution is 5.78. The summed E-state index contributed by atoms with van der Waals surface area (Å²) in [6.07, 6.45) is 1.95. The maximum Gasteiger partial charge on any atom is 0.272 e. The largest absolute Gasteiger partial charge is 0.338 e. The van der Waals surface area contributed by atoms with Crippen molar-refractivity contribution in [3.05, 3.63) is 42.6 Å². The normalized spacial score (nSPS) is 10.7. The summed E-state index contributed by atoms with van der Waals surface area (Å²) < 4.78 is 0. The summed E-state index contributed by atoms with van der Waals surface area (Å²) in [7, 11) is 0. The SMILES string of the molecule is CCNc1ccc(-c2nc3ccccc3[nH]2)c[nH+]1. The van der Waals surface area contributed by atoms with E-state index in [0.717, 1.165) is 34.8 Å². The monoisotopic (exact) mass is 239 g/mol. The van der Waals surface area contributed by atoms with Crippen molar-refractivity contribution in [1.82, 2.24) is 9.97 Å². The van der Waals surface area contributed by atoms with E-state index in [2.05, 4.69) is 27.2 Å². The number of fused-ring (bicyclic) bond motifs is 1. The fourth-order valence-electron chi connectivity index (χ4n) is 1.96. The predicted octanol–water partition coefficient (Wildman–Crippen LogP) is 2.48. The predicted molar refractivity (Wildman–Crippen MR) is 72.2 cm³/mol. The van der Waals surface area contributed by atoms with Gasteiger partial charge >= 0.3 is 0 Å². The molecule has 90 valence electrons. The van der Waals surface area contributed by atoms with Crippen LogP contribution in [-0.4, -0.2) is 16.5 Å². The number of nitrogens with one attached hydrogen (secondary N) is 3. The molecule has 0 saturated carbocycles. The highest BCUT2D eigenvalue weighted by Gasteiger charge is 2.06. The second kappa shape index (κ2) is 4.49. The van der Waals surface area contributed by atoms with E-state index in [4.69, 9.17) is 0 Å². The molecule has 4 heteroatoms. The Balaban J connectivity index is 1.98. The summed E-state index contributed by atoms with van der Waals surface area (Å²) >= 11 is 0. The minimum absolute atomic E-state index is 0.885. The molecular formula is C14H15N4+. The number of nitrogens with zero attached hydrogens (tertiary/aromatic N) is 1. The molecule has 0 bridgehead atoms. The quantitative estimate of drug-likeness (QED) is 0.737. The number of anilines is 1. The number of aromatic nitrogens is 3. The van der Waals surface area contributed by atoms with Crippen LogP contribution in [0.4, 0.5) is 5.82 Å². The zero-order valence-corrected chi connectivity index (χ0v) is 10.2. The number of hydrogen-bond donors (Lipinski definition) is 2. The molecule has 0 spiro atoms. The van der Waals surface area contributed by atoms with Gasteiger partial charge in [-0.15, -0.1) is 0 Å². The van der Waals surface area contributed by atoms with Gasteiger partial charge in [-0.2, -0.15) is 0 Å². The molecular weight excluding hydrogens is 224 g/mol. The third-order valence-electron chi connectivity index (χ3n) is 2.84. The van der Waals surface area contributed by atoms with Crippen LogP contribution in [0.15, 0.2) is 42.6 Å². The van der Waals surface area contributed by atoms with Crippen LogP contribution in [-0.2, 0) is 0 Å². The van der Waals surface area contributed by atoms with E-state index in [1.807, 2.05) is 42.6 Å². The fraction of sp³-hybridized carbons (Fsp3) is 0.143. The molecule has 0 unspecified atom stereocenters. The van der Waals surface area contributed by atoms with Gasteiger partial charge in [-0.05, 0) is 25.1 Å². The first-order chi connectivity index (χ1) is 8.86. The fourth-order valence-corrected chi connectivity index (χ4v) is 1.96. The lowest BCUT2D eigenvalue weighted by Gasteiger charge is -1.96. The molecule has 0 aliphatic heterocycles. The Morgan fingerprint density at radius 3 is 2.83 bits per heavy atom. The number of H-pyrrole nitrogens is 2. The Morgan fingerprint density at radius 2 is 2.11 bits per heavy atom. The van der Waals surface area contributed by atoms with Gasteiger partial charge in [0.2, 0.25) is 0 Å². The molecule has 2 heterocycles. The molecule has 2 aromatic heterocycles. The Hall–Kier alpha value is -2.36. The maximum atomic E-state index is 4.56. The van der Waals surface area contributed by atoms with E-state index in [0.29, 0.717) is 0 Å². The lowest BCUT2D eigenvalue weighted by Crippen LogP contribution is -2.12. The number of hydrogen-bond acceptors (Lipinski definition) is 2. The van der Waals surface area contributed by atoms with E-state index in [1.165, 1.54) is 0 Å². The van der Waals surface area contributed by atoms with Gasteiger partial charge in [-0.25, -0.2) is 9.97 Å². The van der Waals surface area contributed by atoms with Gasteiger partial charge < -0.3 is 4.98 Å². The van der Waals surface area contributed by atoms with Crippen LogP contribution < -0.4 is 10.3 Å². The third-order valence-corrected chi connectivity index (χ3v) is 2.84. The number of benzene rings is 1. The first kappa shape index (κ1) is 10.8. The number of para-hydroxylation sites is 2. The van der Waals surface area contributed by atoms with Crippen molar-refractivity contribution in [2.45, 2.75) is 6.92 Å². The molecule has 3 rings (SSSR count). The molecule has 0 atom stereocenters. The molecule has 0 radical (unpaired) electrons. The Kier molecular flexibility index (Phi) is 2.68. The molecule has 0 amide bonds. The number of pyridine rings is 1. The van der Waals surface area contributed by atoms with Crippen LogP contribution in [0.2, 0.25) is 0 Å². The number of imidazole rings is 1. The summed E-state index contributed by atoms with van der Waals surface area (Å²) in [6, 6.07) is 12.1. The van der Waals surface area contributed by atoms with Gasteiger partial charge in [-0.3, -0.25) is 5.32 Å². The smallest absolute Gasteiger partial charge is 0.272 e. The van der Waals surface area contributed by atoms with Crippen LogP contribution in [0.3, 0.4) is 0 Å². The van der Waals surface area contributed by atoms with Crippen LogP contribution >= 0.6 is 0 Å². The van der Waals surface area contributed by atoms with Crippen LogP contribution in [0.25, 0.3) is 22.4 Å².